The fraction of sp³-hybridized carbons (Fsp3) is 0.143. The number of aryl methyl sites for hydroxylation is 1. The van der Waals surface area contributed by atoms with Gasteiger partial charge in [-0.2, -0.15) is 0 Å². The van der Waals surface area contributed by atoms with Gasteiger partial charge in [-0.15, -0.1) is 0 Å². The van der Waals surface area contributed by atoms with E-state index in [9.17, 15) is 0 Å². The molecule has 0 unspecified atom stereocenters. The first kappa shape index (κ1) is 5.72. The van der Waals surface area contributed by atoms with E-state index in [1.807, 2.05) is 11.3 Å². The second-order valence-corrected chi connectivity index (χ2v) is 5.28. The van der Waals surface area contributed by atoms with E-state index in [1.54, 1.807) is 4.26 Å². The van der Waals surface area contributed by atoms with E-state index >= 15 is 0 Å². The summed E-state index contributed by atoms with van der Waals surface area (Å²) in [7, 11) is 0. The molecule has 0 aliphatic heterocycles. The average Bonchev–Trinajstić information content (AvgIpc) is 2.22. The number of hydrogen-bond donors (Lipinski definition) is 0. The Kier molecular flexibility index (Phi) is 1.26. The standard InChI is InChI=1S/C7H6SSe/c1-5-4-7-6(8-5)2-3-9-7/h2-4H,1H3. The minimum atomic E-state index is 0.653. The summed E-state index contributed by atoms with van der Waals surface area (Å²) in [6.45, 7) is 2.17. The van der Waals surface area contributed by atoms with Gasteiger partial charge in [0.15, 0.2) is 0 Å². The van der Waals surface area contributed by atoms with Crippen molar-refractivity contribution in [2.45, 2.75) is 6.92 Å². The monoisotopic (exact) mass is 202 g/mol. The first-order valence-corrected chi connectivity index (χ1v) is 5.46. The molecule has 0 saturated heterocycles. The van der Waals surface area contributed by atoms with Crippen molar-refractivity contribution in [3.63, 3.8) is 0 Å². The molecule has 2 heteroatoms. The van der Waals surface area contributed by atoms with Crippen molar-refractivity contribution < 1.29 is 0 Å². The third-order valence-corrected chi connectivity index (χ3v) is 4.38. The van der Waals surface area contributed by atoms with Crippen molar-refractivity contribution in [3.8, 4) is 0 Å². The number of fused-ring (bicyclic) bond motifs is 1. The van der Waals surface area contributed by atoms with E-state index in [1.165, 1.54) is 9.58 Å². The molecule has 0 nitrogen and oxygen atoms in total. The molecule has 0 spiro atoms. The van der Waals surface area contributed by atoms with Crippen LogP contribution in [0.25, 0.3) is 8.96 Å². The molecule has 9 heavy (non-hydrogen) atoms. The Bertz CT molecular complexity index is 290. The molecule has 0 radical (unpaired) electrons. The molecule has 0 fully saturated rings. The zero-order valence-electron chi connectivity index (χ0n) is 5.05. The average molecular weight is 201 g/mol. The van der Waals surface area contributed by atoms with Gasteiger partial charge in [0.2, 0.25) is 0 Å². The van der Waals surface area contributed by atoms with Crippen molar-refractivity contribution in [1.29, 1.82) is 0 Å². The number of thiophene rings is 1. The topological polar surface area (TPSA) is 0 Å². The van der Waals surface area contributed by atoms with Crippen molar-refractivity contribution in [1.82, 2.24) is 0 Å². The van der Waals surface area contributed by atoms with E-state index in [4.69, 9.17) is 0 Å². The van der Waals surface area contributed by atoms with Gasteiger partial charge in [-0.1, -0.05) is 0 Å². The quantitative estimate of drug-likeness (QED) is 0.573. The summed E-state index contributed by atoms with van der Waals surface area (Å²) in [5.41, 5.74) is 0. The summed E-state index contributed by atoms with van der Waals surface area (Å²) in [5, 5.41) is 0. The zero-order chi connectivity index (χ0) is 6.27. The van der Waals surface area contributed by atoms with Crippen LogP contribution in [-0.2, 0) is 0 Å². The molecule has 0 atom stereocenters. The molecule has 2 heterocycles. The summed E-state index contributed by atoms with van der Waals surface area (Å²) >= 11 is 2.56. The number of hydrogen-bond acceptors (Lipinski definition) is 1. The SMILES string of the molecule is Cc1cc2[se]ccc2s1. The van der Waals surface area contributed by atoms with E-state index in [2.05, 4.69) is 24.0 Å². The third-order valence-electron chi connectivity index (χ3n) is 1.26. The molecule has 0 aliphatic carbocycles. The van der Waals surface area contributed by atoms with Gasteiger partial charge < -0.3 is 0 Å². The molecule has 0 aromatic carbocycles. The van der Waals surface area contributed by atoms with Crippen LogP contribution >= 0.6 is 11.3 Å². The molecule has 46 valence electrons. The van der Waals surface area contributed by atoms with Crippen LogP contribution in [0.3, 0.4) is 0 Å². The van der Waals surface area contributed by atoms with Gasteiger partial charge in [0.25, 0.3) is 0 Å². The maximum atomic E-state index is 2.31. The van der Waals surface area contributed by atoms with Crippen LogP contribution in [-0.4, -0.2) is 14.5 Å². The summed E-state index contributed by atoms with van der Waals surface area (Å²) in [5.74, 6) is 0. The molecule has 2 aromatic heterocycles. The second kappa shape index (κ2) is 1.98. The Morgan fingerprint density at radius 3 is 3.22 bits per heavy atom. The van der Waals surface area contributed by atoms with Gasteiger partial charge in [0, 0.05) is 0 Å². The first-order valence-electron chi connectivity index (χ1n) is 2.80. The second-order valence-electron chi connectivity index (χ2n) is 2.01. The van der Waals surface area contributed by atoms with Crippen LogP contribution in [0.5, 0.6) is 0 Å². The molecule has 0 amide bonds. The van der Waals surface area contributed by atoms with Crippen molar-refractivity contribution >= 4 is 34.8 Å². The van der Waals surface area contributed by atoms with Crippen LogP contribution in [0.2, 0.25) is 0 Å². The summed E-state index contributed by atoms with van der Waals surface area (Å²) < 4.78 is 3.07. The van der Waals surface area contributed by atoms with Gasteiger partial charge in [-0.05, 0) is 0 Å². The Hall–Kier alpha value is -0.0405. The Balaban J connectivity index is 2.92. The fourth-order valence-corrected chi connectivity index (χ4v) is 4.22. The molecule has 0 bridgehead atoms. The predicted molar refractivity (Wildman–Crippen MR) is 43.5 cm³/mol. The molecule has 0 aliphatic rings. The van der Waals surface area contributed by atoms with Crippen LogP contribution < -0.4 is 0 Å². The van der Waals surface area contributed by atoms with E-state index in [0.717, 1.165) is 0 Å². The zero-order valence-corrected chi connectivity index (χ0v) is 7.58. The summed E-state index contributed by atoms with van der Waals surface area (Å²) in [6, 6.07) is 4.55. The van der Waals surface area contributed by atoms with Crippen molar-refractivity contribution in [2.24, 2.45) is 0 Å². The Morgan fingerprint density at radius 1 is 1.56 bits per heavy atom. The van der Waals surface area contributed by atoms with E-state index in [0.29, 0.717) is 14.5 Å². The van der Waals surface area contributed by atoms with Crippen LogP contribution in [0.4, 0.5) is 0 Å². The number of rotatable bonds is 0. The van der Waals surface area contributed by atoms with Crippen LogP contribution in [0.1, 0.15) is 4.88 Å². The maximum absolute atomic E-state index is 2.31. The summed E-state index contributed by atoms with van der Waals surface area (Å²) in [4.78, 5) is 3.74. The fourth-order valence-electron chi connectivity index (χ4n) is 0.886. The van der Waals surface area contributed by atoms with Crippen LogP contribution in [0.15, 0.2) is 17.1 Å². The van der Waals surface area contributed by atoms with Gasteiger partial charge >= 0.3 is 63.7 Å². The minimum absolute atomic E-state index is 0.653. The van der Waals surface area contributed by atoms with E-state index in [-0.39, 0.29) is 0 Å². The third kappa shape index (κ3) is 0.876. The summed E-state index contributed by atoms with van der Waals surface area (Å²) in [6.07, 6.45) is 0. The van der Waals surface area contributed by atoms with Gasteiger partial charge in [-0.25, -0.2) is 0 Å². The Labute approximate surface area is 63.9 Å². The molecule has 2 aromatic rings. The molecule has 0 N–H and O–H groups in total. The first-order chi connectivity index (χ1) is 4.36. The van der Waals surface area contributed by atoms with Gasteiger partial charge in [-0.3, -0.25) is 0 Å². The molecule has 0 saturated carbocycles. The molecular formula is C7H6SSe. The molecular weight excluding hydrogens is 195 g/mol. The van der Waals surface area contributed by atoms with E-state index < -0.39 is 0 Å². The predicted octanol–water partition coefficient (Wildman–Crippen LogP) is 2.27. The molecule has 2 rings (SSSR count). The van der Waals surface area contributed by atoms with Crippen molar-refractivity contribution in [2.75, 3.05) is 0 Å². The normalized spacial score (nSPS) is 10.8. The van der Waals surface area contributed by atoms with Crippen molar-refractivity contribution in [3.05, 3.63) is 22.0 Å². The Morgan fingerprint density at radius 2 is 2.44 bits per heavy atom. The van der Waals surface area contributed by atoms with Gasteiger partial charge in [0.05, 0.1) is 0 Å². The van der Waals surface area contributed by atoms with Crippen LogP contribution in [0, 0.1) is 6.92 Å². The van der Waals surface area contributed by atoms with Gasteiger partial charge in [0.1, 0.15) is 0 Å².